The number of aryl methyl sites for hydroxylation is 1. The molecule has 1 aliphatic heterocycles. The molecule has 0 saturated carbocycles. The van der Waals surface area contributed by atoms with Crippen molar-refractivity contribution in [2.24, 2.45) is 0 Å². The minimum Gasteiger partial charge on any atom is -0.483 e. The summed E-state index contributed by atoms with van der Waals surface area (Å²) in [6, 6.07) is 13.6. The van der Waals surface area contributed by atoms with Crippen LogP contribution < -0.4 is 10.1 Å². The quantitative estimate of drug-likeness (QED) is 0.769. The monoisotopic (exact) mass is 402 g/mol. The van der Waals surface area contributed by atoms with Gasteiger partial charge in [0.05, 0.1) is 19.3 Å². The lowest BCUT2D eigenvalue weighted by molar-refractivity contribution is -0.123. The first-order chi connectivity index (χ1) is 13.6. The van der Waals surface area contributed by atoms with Crippen LogP contribution in [0.2, 0.25) is 5.02 Å². The fourth-order valence-corrected chi connectivity index (χ4v) is 3.62. The highest BCUT2D eigenvalue weighted by Crippen LogP contribution is 2.27. The number of nitrogens with one attached hydrogen (secondary N) is 1. The fraction of sp³-hybridized carbons (Fsp3) is 0.409. The van der Waals surface area contributed by atoms with Crippen LogP contribution in [0.3, 0.4) is 0 Å². The Bertz CT molecular complexity index is 806. The smallest absolute Gasteiger partial charge is 0.258 e. The number of morpholine rings is 1. The van der Waals surface area contributed by atoms with Crippen LogP contribution in [0.15, 0.2) is 42.5 Å². The molecule has 28 heavy (non-hydrogen) atoms. The zero-order valence-corrected chi connectivity index (χ0v) is 17.2. The summed E-state index contributed by atoms with van der Waals surface area (Å²) in [5.74, 6) is 0.595. The third kappa shape index (κ3) is 5.25. The Morgan fingerprint density at radius 1 is 1.18 bits per heavy atom. The zero-order chi connectivity index (χ0) is 19.9. The molecule has 0 spiro atoms. The van der Waals surface area contributed by atoms with Crippen molar-refractivity contribution in [3.05, 3.63) is 64.2 Å². The van der Waals surface area contributed by atoms with Crippen molar-refractivity contribution in [3.63, 3.8) is 0 Å². The minimum atomic E-state index is -0.147. The van der Waals surface area contributed by atoms with Crippen LogP contribution in [0, 0.1) is 13.8 Å². The van der Waals surface area contributed by atoms with Gasteiger partial charge in [0.1, 0.15) is 5.75 Å². The molecule has 1 aliphatic rings. The Morgan fingerprint density at radius 3 is 2.68 bits per heavy atom. The van der Waals surface area contributed by atoms with Gasteiger partial charge >= 0.3 is 0 Å². The molecule has 0 radical (unpaired) electrons. The Morgan fingerprint density at radius 2 is 1.93 bits per heavy atom. The highest BCUT2D eigenvalue weighted by molar-refractivity contribution is 6.31. The van der Waals surface area contributed by atoms with E-state index in [1.165, 1.54) is 0 Å². The van der Waals surface area contributed by atoms with E-state index in [4.69, 9.17) is 21.1 Å². The maximum Gasteiger partial charge on any atom is 0.258 e. The third-order valence-electron chi connectivity index (χ3n) is 5.16. The zero-order valence-electron chi connectivity index (χ0n) is 16.4. The first-order valence-electron chi connectivity index (χ1n) is 9.58. The molecule has 1 fully saturated rings. The Hall–Kier alpha value is -2.08. The molecule has 2 aromatic rings. The summed E-state index contributed by atoms with van der Waals surface area (Å²) in [5.41, 5.74) is 3.21. The third-order valence-corrected chi connectivity index (χ3v) is 5.50. The molecule has 1 heterocycles. The molecule has 0 bridgehead atoms. The molecule has 2 aromatic carbocycles. The molecular weight excluding hydrogens is 376 g/mol. The van der Waals surface area contributed by atoms with Gasteiger partial charge in [0.2, 0.25) is 0 Å². The number of carbonyl (C=O) groups excluding carboxylic acids is 1. The highest BCUT2D eigenvalue weighted by Gasteiger charge is 2.24. The molecule has 1 amide bonds. The lowest BCUT2D eigenvalue weighted by Gasteiger charge is -2.35. The van der Waals surface area contributed by atoms with Crippen LogP contribution in [0.5, 0.6) is 5.75 Å². The number of nitrogens with zero attached hydrogens (tertiary/aromatic N) is 1. The predicted octanol–water partition coefficient (Wildman–Crippen LogP) is 3.53. The van der Waals surface area contributed by atoms with Gasteiger partial charge in [0.15, 0.2) is 6.61 Å². The van der Waals surface area contributed by atoms with Gasteiger partial charge in [-0.2, -0.15) is 0 Å². The fourth-order valence-electron chi connectivity index (χ4n) is 3.36. The highest BCUT2D eigenvalue weighted by atomic mass is 35.5. The SMILES string of the molecule is Cc1cccc(OCC(=O)NC[C@H](c2ccccc2Cl)N2CCOCC2)c1C. The molecule has 150 valence electrons. The van der Waals surface area contributed by atoms with E-state index < -0.39 is 0 Å². The van der Waals surface area contributed by atoms with E-state index in [2.05, 4.69) is 10.2 Å². The van der Waals surface area contributed by atoms with Gasteiger partial charge in [0, 0.05) is 24.7 Å². The van der Waals surface area contributed by atoms with Gasteiger partial charge in [-0.3, -0.25) is 9.69 Å². The van der Waals surface area contributed by atoms with E-state index >= 15 is 0 Å². The van der Waals surface area contributed by atoms with Crippen LogP contribution >= 0.6 is 11.6 Å². The number of carbonyl (C=O) groups is 1. The Balaban J connectivity index is 1.62. The minimum absolute atomic E-state index is 0.00209. The number of rotatable bonds is 7. The van der Waals surface area contributed by atoms with Crippen LogP contribution in [0.4, 0.5) is 0 Å². The number of halogens is 1. The number of hydrogen-bond donors (Lipinski definition) is 1. The summed E-state index contributed by atoms with van der Waals surface area (Å²) >= 11 is 6.43. The predicted molar refractivity (Wildman–Crippen MR) is 111 cm³/mol. The van der Waals surface area contributed by atoms with Crippen molar-refractivity contribution < 1.29 is 14.3 Å². The summed E-state index contributed by atoms with van der Waals surface area (Å²) < 4.78 is 11.2. The molecule has 0 aromatic heterocycles. The summed E-state index contributed by atoms with van der Waals surface area (Å²) in [7, 11) is 0. The van der Waals surface area contributed by atoms with E-state index in [9.17, 15) is 4.79 Å². The second-order valence-electron chi connectivity index (χ2n) is 6.98. The lowest BCUT2D eigenvalue weighted by atomic mass is 10.0. The van der Waals surface area contributed by atoms with Gasteiger partial charge in [0.25, 0.3) is 5.91 Å². The van der Waals surface area contributed by atoms with Crippen molar-refractivity contribution in [2.75, 3.05) is 39.5 Å². The Labute approximate surface area is 171 Å². The summed E-state index contributed by atoms with van der Waals surface area (Å²) in [6.07, 6.45) is 0. The topological polar surface area (TPSA) is 50.8 Å². The van der Waals surface area contributed by atoms with Gasteiger partial charge in [-0.25, -0.2) is 0 Å². The van der Waals surface area contributed by atoms with E-state index in [0.29, 0.717) is 24.8 Å². The van der Waals surface area contributed by atoms with Crippen LogP contribution in [-0.2, 0) is 9.53 Å². The van der Waals surface area contributed by atoms with E-state index in [1.807, 2.05) is 56.3 Å². The second-order valence-corrected chi connectivity index (χ2v) is 7.38. The number of benzene rings is 2. The largest absolute Gasteiger partial charge is 0.483 e. The average Bonchev–Trinajstić information content (AvgIpc) is 2.71. The molecular formula is C22H27ClN2O3. The summed E-state index contributed by atoms with van der Waals surface area (Å²) in [4.78, 5) is 14.7. The maximum atomic E-state index is 12.4. The molecule has 1 atom stereocenters. The summed E-state index contributed by atoms with van der Waals surface area (Å²) in [6.45, 7) is 7.47. The van der Waals surface area contributed by atoms with Crippen LogP contribution in [0.25, 0.3) is 0 Å². The molecule has 1 saturated heterocycles. The van der Waals surface area contributed by atoms with Crippen molar-refractivity contribution in [2.45, 2.75) is 19.9 Å². The van der Waals surface area contributed by atoms with Crippen molar-refractivity contribution in [1.82, 2.24) is 10.2 Å². The standard InChI is InChI=1S/C22H27ClN2O3/c1-16-6-5-9-21(17(16)2)28-15-22(26)24-14-20(25-10-12-27-13-11-25)18-7-3-4-8-19(18)23/h3-9,20H,10-15H2,1-2H3,(H,24,26)/t20-/m1/s1. The number of amides is 1. The summed E-state index contributed by atoms with van der Waals surface area (Å²) in [5, 5.41) is 3.71. The normalized spacial score (nSPS) is 15.8. The van der Waals surface area contributed by atoms with Gasteiger partial charge in [-0.1, -0.05) is 41.9 Å². The second kappa shape index (κ2) is 9.92. The van der Waals surface area contributed by atoms with E-state index in [-0.39, 0.29) is 18.6 Å². The Kier molecular flexibility index (Phi) is 7.31. The molecule has 5 nitrogen and oxygen atoms in total. The lowest BCUT2D eigenvalue weighted by Crippen LogP contribution is -2.44. The van der Waals surface area contributed by atoms with Crippen molar-refractivity contribution in [3.8, 4) is 5.75 Å². The van der Waals surface area contributed by atoms with Crippen LogP contribution in [0.1, 0.15) is 22.7 Å². The number of hydrogen-bond acceptors (Lipinski definition) is 4. The van der Waals surface area contributed by atoms with Crippen molar-refractivity contribution in [1.29, 1.82) is 0 Å². The average molecular weight is 403 g/mol. The molecule has 1 N–H and O–H groups in total. The first-order valence-corrected chi connectivity index (χ1v) is 9.96. The molecule has 0 aliphatic carbocycles. The van der Waals surface area contributed by atoms with E-state index in [1.54, 1.807) is 0 Å². The maximum absolute atomic E-state index is 12.4. The van der Waals surface area contributed by atoms with Crippen molar-refractivity contribution >= 4 is 17.5 Å². The van der Waals surface area contributed by atoms with Gasteiger partial charge in [-0.15, -0.1) is 0 Å². The molecule has 3 rings (SSSR count). The van der Waals surface area contributed by atoms with Gasteiger partial charge < -0.3 is 14.8 Å². The number of ether oxygens (including phenoxy) is 2. The molecule has 6 heteroatoms. The van der Waals surface area contributed by atoms with E-state index in [0.717, 1.165) is 35.5 Å². The van der Waals surface area contributed by atoms with Gasteiger partial charge in [-0.05, 0) is 42.7 Å². The molecule has 0 unspecified atom stereocenters. The van der Waals surface area contributed by atoms with Crippen LogP contribution in [-0.4, -0.2) is 50.3 Å². The first kappa shape index (κ1) is 20.6.